The molecule has 0 saturated carbocycles. The standard InChI is InChI=1S/C33H34OSi/c1-33(2,3)35(31-20-12-6-13-21-31,32-22-14-7-15-23-32)34-30(26-24-28-16-8-4-9-17-28)27-25-29-18-10-5-11-19-29/h4-23,30H,24,26H2,1-3H3. The third-order valence-electron chi connectivity index (χ3n) is 6.43. The van der Waals surface area contributed by atoms with Gasteiger partial charge in [0.25, 0.3) is 8.32 Å². The Bertz CT molecular complexity index is 1190. The van der Waals surface area contributed by atoms with Crippen molar-refractivity contribution in [3.05, 3.63) is 132 Å². The summed E-state index contributed by atoms with van der Waals surface area (Å²) in [7, 11) is -2.69. The minimum atomic E-state index is -2.69. The van der Waals surface area contributed by atoms with Gasteiger partial charge < -0.3 is 4.43 Å². The summed E-state index contributed by atoms with van der Waals surface area (Å²) >= 11 is 0. The van der Waals surface area contributed by atoms with E-state index in [4.69, 9.17) is 4.43 Å². The Kier molecular flexibility index (Phi) is 8.03. The molecule has 0 heterocycles. The molecule has 0 aromatic heterocycles. The summed E-state index contributed by atoms with van der Waals surface area (Å²) in [6.45, 7) is 6.95. The molecule has 4 aromatic rings. The van der Waals surface area contributed by atoms with Crippen molar-refractivity contribution in [2.45, 2.75) is 44.8 Å². The van der Waals surface area contributed by atoms with Crippen molar-refractivity contribution in [3.8, 4) is 11.8 Å². The normalized spacial score (nSPS) is 12.4. The van der Waals surface area contributed by atoms with Crippen LogP contribution >= 0.6 is 0 Å². The van der Waals surface area contributed by atoms with Crippen molar-refractivity contribution < 1.29 is 4.43 Å². The molecule has 0 spiro atoms. The maximum Gasteiger partial charge on any atom is 0.262 e. The highest BCUT2D eigenvalue weighted by Crippen LogP contribution is 2.38. The monoisotopic (exact) mass is 474 g/mol. The minimum Gasteiger partial charge on any atom is -0.394 e. The minimum absolute atomic E-state index is 0.0882. The van der Waals surface area contributed by atoms with Crippen molar-refractivity contribution in [1.82, 2.24) is 0 Å². The van der Waals surface area contributed by atoms with Crippen molar-refractivity contribution in [2.75, 3.05) is 0 Å². The van der Waals surface area contributed by atoms with Crippen molar-refractivity contribution in [1.29, 1.82) is 0 Å². The van der Waals surface area contributed by atoms with E-state index in [1.54, 1.807) is 0 Å². The molecule has 4 aromatic carbocycles. The molecular formula is C33H34OSi. The zero-order chi connectivity index (χ0) is 24.6. The van der Waals surface area contributed by atoms with Crippen LogP contribution in [0.3, 0.4) is 0 Å². The van der Waals surface area contributed by atoms with Crippen LogP contribution in [0.2, 0.25) is 5.04 Å². The van der Waals surface area contributed by atoms with Gasteiger partial charge in [-0.15, -0.1) is 0 Å². The predicted molar refractivity (Wildman–Crippen MR) is 151 cm³/mol. The predicted octanol–water partition coefficient (Wildman–Crippen LogP) is 6.62. The van der Waals surface area contributed by atoms with E-state index in [0.717, 1.165) is 18.4 Å². The van der Waals surface area contributed by atoms with Gasteiger partial charge in [0.1, 0.15) is 6.10 Å². The Morgan fingerprint density at radius 2 is 1.11 bits per heavy atom. The lowest BCUT2D eigenvalue weighted by Crippen LogP contribution is -2.67. The van der Waals surface area contributed by atoms with Gasteiger partial charge in [0, 0.05) is 5.56 Å². The van der Waals surface area contributed by atoms with Crippen LogP contribution in [0.25, 0.3) is 0 Å². The summed E-state index contributed by atoms with van der Waals surface area (Å²) in [6, 6.07) is 42.5. The highest BCUT2D eigenvalue weighted by molar-refractivity contribution is 6.99. The van der Waals surface area contributed by atoms with Gasteiger partial charge in [-0.25, -0.2) is 0 Å². The lowest BCUT2D eigenvalue weighted by atomic mass is 10.1. The quantitative estimate of drug-likeness (QED) is 0.216. The third-order valence-corrected chi connectivity index (χ3v) is 11.5. The van der Waals surface area contributed by atoms with Crippen molar-refractivity contribution in [2.24, 2.45) is 0 Å². The zero-order valence-corrected chi connectivity index (χ0v) is 21.9. The van der Waals surface area contributed by atoms with E-state index in [-0.39, 0.29) is 11.1 Å². The molecule has 0 aliphatic carbocycles. The van der Waals surface area contributed by atoms with Crippen LogP contribution < -0.4 is 10.4 Å². The van der Waals surface area contributed by atoms with Gasteiger partial charge in [0.15, 0.2) is 0 Å². The lowest BCUT2D eigenvalue weighted by Gasteiger charge is -2.44. The van der Waals surface area contributed by atoms with Gasteiger partial charge in [-0.2, -0.15) is 0 Å². The van der Waals surface area contributed by atoms with E-state index >= 15 is 0 Å². The van der Waals surface area contributed by atoms with Crippen LogP contribution in [0.15, 0.2) is 121 Å². The smallest absolute Gasteiger partial charge is 0.262 e. The summed E-state index contributed by atoms with van der Waals surface area (Å²) in [5.41, 5.74) is 2.33. The Labute approximate surface area is 212 Å². The molecule has 1 nitrogen and oxygen atoms in total. The molecule has 0 fully saturated rings. The first kappa shape index (κ1) is 24.7. The summed E-state index contributed by atoms with van der Waals surface area (Å²) in [6.07, 6.45) is 1.57. The van der Waals surface area contributed by atoms with E-state index in [1.165, 1.54) is 15.9 Å². The van der Waals surface area contributed by atoms with E-state index < -0.39 is 8.32 Å². The zero-order valence-electron chi connectivity index (χ0n) is 20.9. The number of hydrogen-bond donors (Lipinski definition) is 0. The first-order valence-corrected chi connectivity index (χ1v) is 14.3. The maximum absolute atomic E-state index is 7.38. The molecule has 176 valence electrons. The molecule has 0 bridgehead atoms. The maximum atomic E-state index is 7.38. The first-order valence-electron chi connectivity index (χ1n) is 12.4. The number of hydrogen-bond acceptors (Lipinski definition) is 1. The molecule has 1 unspecified atom stereocenters. The molecule has 4 rings (SSSR count). The Balaban J connectivity index is 1.79. The second kappa shape index (κ2) is 11.4. The lowest BCUT2D eigenvalue weighted by molar-refractivity contribution is 0.232. The highest BCUT2D eigenvalue weighted by atomic mass is 28.4. The fraction of sp³-hybridized carbons (Fsp3) is 0.212. The molecule has 0 radical (unpaired) electrons. The number of benzene rings is 4. The fourth-order valence-electron chi connectivity index (χ4n) is 4.69. The van der Waals surface area contributed by atoms with Gasteiger partial charge in [-0.05, 0) is 45.9 Å². The number of aryl methyl sites for hydroxylation is 1. The van der Waals surface area contributed by atoms with Crippen LogP contribution in [0, 0.1) is 11.8 Å². The van der Waals surface area contributed by atoms with Gasteiger partial charge in [0.2, 0.25) is 0 Å². The third kappa shape index (κ3) is 6.01. The van der Waals surface area contributed by atoms with Crippen LogP contribution in [-0.4, -0.2) is 14.4 Å². The van der Waals surface area contributed by atoms with Crippen molar-refractivity contribution in [3.63, 3.8) is 0 Å². The summed E-state index contributed by atoms with van der Waals surface area (Å²) in [5, 5.41) is 2.48. The second-order valence-corrected chi connectivity index (χ2v) is 14.2. The number of rotatable bonds is 7. The van der Waals surface area contributed by atoms with Crippen LogP contribution in [0.5, 0.6) is 0 Å². The van der Waals surface area contributed by atoms with E-state index in [9.17, 15) is 0 Å². The topological polar surface area (TPSA) is 9.23 Å². The molecular weight excluding hydrogens is 440 g/mol. The Hall–Kier alpha value is -3.38. The van der Waals surface area contributed by atoms with Crippen LogP contribution in [-0.2, 0) is 10.8 Å². The molecule has 1 atom stereocenters. The van der Waals surface area contributed by atoms with Gasteiger partial charge in [-0.3, -0.25) is 0 Å². The van der Waals surface area contributed by atoms with Crippen LogP contribution in [0.1, 0.15) is 38.3 Å². The van der Waals surface area contributed by atoms with E-state index in [0.29, 0.717) is 0 Å². The van der Waals surface area contributed by atoms with E-state index in [2.05, 4.69) is 136 Å². The van der Waals surface area contributed by atoms with Gasteiger partial charge in [0.05, 0.1) is 0 Å². The average molecular weight is 475 g/mol. The molecule has 0 saturated heterocycles. The fourth-order valence-corrected chi connectivity index (χ4v) is 9.31. The largest absolute Gasteiger partial charge is 0.394 e. The highest BCUT2D eigenvalue weighted by Gasteiger charge is 2.51. The summed E-state index contributed by atoms with van der Waals surface area (Å²) in [5.74, 6) is 6.94. The Morgan fingerprint density at radius 1 is 0.657 bits per heavy atom. The Morgan fingerprint density at radius 3 is 1.60 bits per heavy atom. The van der Waals surface area contributed by atoms with Crippen molar-refractivity contribution >= 4 is 18.7 Å². The molecule has 0 aliphatic heterocycles. The molecule has 0 aliphatic rings. The second-order valence-electron chi connectivity index (χ2n) is 9.93. The van der Waals surface area contributed by atoms with E-state index in [1.807, 2.05) is 18.2 Å². The van der Waals surface area contributed by atoms with Crippen LogP contribution in [0.4, 0.5) is 0 Å². The summed E-state index contributed by atoms with van der Waals surface area (Å²) in [4.78, 5) is 0. The first-order chi connectivity index (χ1) is 17.0. The molecule has 2 heteroatoms. The average Bonchev–Trinajstić information content (AvgIpc) is 2.90. The molecule has 0 amide bonds. The molecule has 0 N–H and O–H groups in total. The SMILES string of the molecule is CC(C)(C)[Si](OC(C#Cc1ccccc1)CCc1ccccc1)(c1ccccc1)c1ccccc1. The summed E-state index contributed by atoms with van der Waals surface area (Å²) < 4.78 is 7.38. The molecule has 35 heavy (non-hydrogen) atoms. The van der Waals surface area contributed by atoms with Gasteiger partial charge >= 0.3 is 0 Å². The van der Waals surface area contributed by atoms with Gasteiger partial charge in [-0.1, -0.05) is 142 Å².